The van der Waals surface area contributed by atoms with Crippen LogP contribution in [0.4, 0.5) is 5.95 Å². The van der Waals surface area contributed by atoms with Crippen LogP contribution >= 0.6 is 15.9 Å². The predicted molar refractivity (Wildman–Crippen MR) is 112 cm³/mol. The van der Waals surface area contributed by atoms with Gasteiger partial charge in [0.1, 0.15) is 5.75 Å². The van der Waals surface area contributed by atoms with Gasteiger partial charge in [-0.05, 0) is 35.4 Å². The van der Waals surface area contributed by atoms with Crippen LogP contribution in [0.25, 0.3) is 11.3 Å². The van der Waals surface area contributed by atoms with Gasteiger partial charge >= 0.3 is 11.9 Å². The topological polar surface area (TPSA) is 114 Å². The molecule has 0 spiro atoms. The van der Waals surface area contributed by atoms with Gasteiger partial charge in [0.05, 0.1) is 19.0 Å². The van der Waals surface area contributed by atoms with Crippen molar-refractivity contribution in [3.05, 3.63) is 64.8 Å². The molecule has 0 aliphatic heterocycles. The van der Waals surface area contributed by atoms with Crippen LogP contribution < -0.4 is 10.1 Å². The van der Waals surface area contributed by atoms with Crippen molar-refractivity contribution in [2.75, 3.05) is 12.4 Å². The Morgan fingerprint density at radius 1 is 1.14 bits per heavy atom. The van der Waals surface area contributed by atoms with E-state index in [0.717, 1.165) is 33.0 Å². The van der Waals surface area contributed by atoms with E-state index in [1.54, 1.807) is 7.11 Å². The Balaban J connectivity index is 0.000000438. The number of imidazole rings is 1. The third kappa shape index (κ3) is 6.35. The summed E-state index contributed by atoms with van der Waals surface area (Å²) in [4.78, 5) is 22.7. The summed E-state index contributed by atoms with van der Waals surface area (Å²) in [6, 6.07) is 16.2. The minimum absolute atomic E-state index is 0.696. The van der Waals surface area contributed by atoms with Gasteiger partial charge in [-0.3, -0.25) is 0 Å². The first-order valence-corrected chi connectivity index (χ1v) is 9.21. The Hall–Kier alpha value is -3.33. The molecule has 0 atom stereocenters. The normalized spacial score (nSPS) is 9.90. The molecule has 0 aliphatic carbocycles. The quantitative estimate of drug-likeness (QED) is 0.497. The zero-order valence-corrected chi connectivity index (χ0v) is 17.4. The first kappa shape index (κ1) is 22.0. The third-order valence-electron chi connectivity index (χ3n) is 3.90. The van der Waals surface area contributed by atoms with Crippen molar-refractivity contribution < 1.29 is 24.5 Å². The smallest absolute Gasteiger partial charge is 0.414 e. The van der Waals surface area contributed by atoms with Crippen LogP contribution in [0.3, 0.4) is 0 Å². The Labute approximate surface area is 175 Å². The highest BCUT2D eigenvalue weighted by molar-refractivity contribution is 9.10. The average Bonchev–Trinajstić information content (AvgIpc) is 3.08. The lowest BCUT2D eigenvalue weighted by atomic mass is 10.2. The first-order valence-electron chi connectivity index (χ1n) is 8.42. The number of benzene rings is 2. The SMILES string of the molecule is COc1cccc(CNc2ncc(-c3ccc(Br)cc3)n2C)c1.O=C(O)C(=O)O. The fourth-order valence-corrected chi connectivity index (χ4v) is 2.69. The summed E-state index contributed by atoms with van der Waals surface area (Å²) in [5.74, 6) is -1.95. The summed E-state index contributed by atoms with van der Waals surface area (Å²) < 4.78 is 8.38. The van der Waals surface area contributed by atoms with Gasteiger partial charge in [-0.15, -0.1) is 0 Å². The van der Waals surface area contributed by atoms with E-state index in [4.69, 9.17) is 24.5 Å². The Morgan fingerprint density at radius 2 is 1.79 bits per heavy atom. The highest BCUT2D eigenvalue weighted by Gasteiger charge is 2.08. The number of anilines is 1. The average molecular weight is 462 g/mol. The molecule has 29 heavy (non-hydrogen) atoms. The predicted octanol–water partition coefficient (Wildman–Crippen LogP) is 3.63. The number of aliphatic carboxylic acids is 2. The summed E-state index contributed by atoms with van der Waals surface area (Å²) >= 11 is 3.46. The number of methoxy groups -OCH3 is 1. The summed E-state index contributed by atoms with van der Waals surface area (Å²) in [6.07, 6.45) is 1.89. The van der Waals surface area contributed by atoms with Crippen LogP contribution in [0.5, 0.6) is 5.75 Å². The highest BCUT2D eigenvalue weighted by atomic mass is 79.9. The molecule has 0 bridgehead atoms. The van der Waals surface area contributed by atoms with Crippen LogP contribution in [-0.2, 0) is 23.2 Å². The molecule has 0 unspecified atom stereocenters. The van der Waals surface area contributed by atoms with Crippen molar-refractivity contribution >= 4 is 33.8 Å². The molecule has 152 valence electrons. The Bertz CT molecular complexity index is 974. The molecule has 0 saturated carbocycles. The van der Waals surface area contributed by atoms with Gasteiger partial charge in [0, 0.05) is 18.1 Å². The summed E-state index contributed by atoms with van der Waals surface area (Å²) in [5.41, 5.74) is 3.36. The molecule has 3 rings (SSSR count). The van der Waals surface area contributed by atoms with E-state index in [0.29, 0.717) is 6.54 Å². The molecular weight excluding hydrogens is 442 g/mol. The lowest BCUT2D eigenvalue weighted by Gasteiger charge is -2.09. The lowest BCUT2D eigenvalue weighted by Crippen LogP contribution is -2.09. The van der Waals surface area contributed by atoms with E-state index < -0.39 is 11.9 Å². The van der Waals surface area contributed by atoms with E-state index in [1.165, 1.54) is 0 Å². The molecule has 0 saturated heterocycles. The number of aromatic nitrogens is 2. The molecule has 0 fully saturated rings. The molecule has 8 nitrogen and oxygen atoms in total. The molecule has 1 heterocycles. The number of nitrogens with zero attached hydrogens (tertiary/aromatic N) is 2. The molecule has 9 heteroatoms. The molecule has 0 amide bonds. The van der Waals surface area contributed by atoms with Crippen LogP contribution in [0, 0.1) is 0 Å². The second-order valence-corrected chi connectivity index (χ2v) is 6.76. The van der Waals surface area contributed by atoms with Crippen molar-refractivity contribution in [3.8, 4) is 17.0 Å². The first-order chi connectivity index (χ1) is 13.8. The minimum atomic E-state index is -1.82. The van der Waals surface area contributed by atoms with Gasteiger partial charge in [-0.25, -0.2) is 14.6 Å². The van der Waals surface area contributed by atoms with E-state index in [-0.39, 0.29) is 0 Å². The molecular formula is C20H20BrN3O5. The second-order valence-electron chi connectivity index (χ2n) is 5.85. The van der Waals surface area contributed by atoms with Gasteiger partial charge in [0.15, 0.2) is 0 Å². The highest BCUT2D eigenvalue weighted by Crippen LogP contribution is 2.24. The number of hydrogen-bond acceptors (Lipinski definition) is 5. The van der Waals surface area contributed by atoms with Crippen molar-refractivity contribution in [2.45, 2.75) is 6.54 Å². The summed E-state index contributed by atoms with van der Waals surface area (Å²) in [6.45, 7) is 0.696. The van der Waals surface area contributed by atoms with E-state index in [9.17, 15) is 0 Å². The fraction of sp³-hybridized carbons (Fsp3) is 0.150. The van der Waals surface area contributed by atoms with Crippen LogP contribution in [0.15, 0.2) is 59.2 Å². The molecule has 3 N–H and O–H groups in total. The van der Waals surface area contributed by atoms with Crippen molar-refractivity contribution in [1.29, 1.82) is 0 Å². The fourth-order valence-electron chi connectivity index (χ4n) is 2.43. The summed E-state index contributed by atoms with van der Waals surface area (Å²) in [7, 11) is 3.69. The minimum Gasteiger partial charge on any atom is -0.497 e. The Morgan fingerprint density at radius 3 is 2.38 bits per heavy atom. The zero-order chi connectivity index (χ0) is 21.4. The maximum atomic E-state index is 9.10. The van der Waals surface area contributed by atoms with Crippen molar-refractivity contribution in [2.24, 2.45) is 7.05 Å². The maximum Gasteiger partial charge on any atom is 0.414 e. The maximum absolute atomic E-state index is 9.10. The van der Waals surface area contributed by atoms with Crippen molar-refractivity contribution in [1.82, 2.24) is 9.55 Å². The van der Waals surface area contributed by atoms with Gasteiger partial charge in [-0.1, -0.05) is 40.2 Å². The number of nitrogens with one attached hydrogen (secondary N) is 1. The molecule has 3 aromatic rings. The monoisotopic (exact) mass is 461 g/mol. The largest absolute Gasteiger partial charge is 0.497 e. The van der Waals surface area contributed by atoms with Crippen LogP contribution in [0.1, 0.15) is 5.56 Å². The van der Waals surface area contributed by atoms with Crippen LogP contribution in [-0.4, -0.2) is 38.8 Å². The number of rotatable bonds is 5. The molecule has 0 aliphatic rings. The molecule has 2 aromatic carbocycles. The van der Waals surface area contributed by atoms with Gasteiger partial charge in [0.25, 0.3) is 0 Å². The standard InChI is InChI=1S/C18H18BrN3O.C2H2O4/c1-22-17(14-6-8-15(19)9-7-14)12-21-18(22)20-11-13-4-3-5-16(10-13)23-2;3-1(4)2(5)6/h3-10,12H,11H2,1-2H3,(H,20,21);(H,3,4)(H,5,6). The van der Waals surface area contributed by atoms with Gasteiger partial charge in [-0.2, -0.15) is 0 Å². The second kappa shape index (κ2) is 10.3. The number of carboxylic acids is 2. The number of hydrogen-bond donors (Lipinski definition) is 3. The van der Waals surface area contributed by atoms with E-state index in [2.05, 4.69) is 49.0 Å². The van der Waals surface area contributed by atoms with E-state index >= 15 is 0 Å². The van der Waals surface area contributed by atoms with Gasteiger partial charge in [0.2, 0.25) is 5.95 Å². The zero-order valence-electron chi connectivity index (χ0n) is 15.8. The van der Waals surface area contributed by atoms with E-state index in [1.807, 2.05) is 43.6 Å². The number of carbonyl (C=O) groups is 2. The number of carboxylic acid groups (broad SMARTS) is 2. The Kier molecular flexibility index (Phi) is 7.79. The van der Waals surface area contributed by atoms with Gasteiger partial charge < -0.3 is 24.8 Å². The van der Waals surface area contributed by atoms with Crippen LogP contribution in [0.2, 0.25) is 0 Å². The number of ether oxygens (including phenoxy) is 1. The molecule has 1 aromatic heterocycles. The van der Waals surface area contributed by atoms with Crippen molar-refractivity contribution in [3.63, 3.8) is 0 Å². The molecule has 0 radical (unpaired) electrons. The summed E-state index contributed by atoms with van der Waals surface area (Å²) in [5, 5.41) is 18.2. The number of halogens is 1. The lowest BCUT2D eigenvalue weighted by molar-refractivity contribution is -0.159. The third-order valence-corrected chi connectivity index (χ3v) is 4.42.